The van der Waals surface area contributed by atoms with Gasteiger partial charge >= 0.3 is 12.1 Å². The Balaban J connectivity index is 1.67. The van der Waals surface area contributed by atoms with E-state index < -0.39 is 18.1 Å². The van der Waals surface area contributed by atoms with Gasteiger partial charge in [0, 0.05) is 6.42 Å². The summed E-state index contributed by atoms with van der Waals surface area (Å²) < 4.78 is 11.4. The third-order valence-corrected chi connectivity index (χ3v) is 6.30. The Bertz CT molecular complexity index is 852. The number of alkyl carbamates (subject to hydrolysis) is 1. The highest BCUT2D eigenvalue weighted by Gasteiger charge is 2.35. The average Bonchev–Trinajstić information content (AvgIpc) is 2.78. The quantitative estimate of drug-likeness (QED) is 0.552. The fourth-order valence-electron chi connectivity index (χ4n) is 4.43. The lowest BCUT2D eigenvalue weighted by atomic mass is 9.75. The zero-order valence-corrected chi connectivity index (χ0v) is 19.3. The fraction of sp³-hybridized carbons (Fsp3) is 0.481. The first-order chi connectivity index (χ1) is 15.4. The summed E-state index contributed by atoms with van der Waals surface area (Å²) in [5.41, 5.74) is 1.84. The van der Waals surface area contributed by atoms with Crippen LogP contribution in [0.25, 0.3) is 0 Å². The van der Waals surface area contributed by atoms with Gasteiger partial charge < -0.3 is 14.8 Å². The summed E-state index contributed by atoms with van der Waals surface area (Å²) >= 11 is 0. The zero-order chi connectivity index (χ0) is 22.9. The summed E-state index contributed by atoms with van der Waals surface area (Å²) in [7, 11) is 0. The van der Waals surface area contributed by atoms with Crippen LogP contribution in [0.1, 0.15) is 51.2 Å². The van der Waals surface area contributed by atoms with Gasteiger partial charge in [-0.25, -0.2) is 9.59 Å². The second kappa shape index (κ2) is 11.7. The molecule has 5 heteroatoms. The predicted molar refractivity (Wildman–Crippen MR) is 125 cm³/mol. The molecule has 1 unspecified atom stereocenters. The maximum Gasteiger partial charge on any atom is 0.408 e. The first kappa shape index (κ1) is 23.8. The van der Waals surface area contributed by atoms with E-state index in [1.165, 1.54) is 0 Å². The highest BCUT2D eigenvalue weighted by molar-refractivity contribution is 5.81. The molecular weight excluding hydrogens is 402 g/mol. The van der Waals surface area contributed by atoms with Crippen molar-refractivity contribution in [3.05, 3.63) is 71.8 Å². The molecule has 0 spiro atoms. The van der Waals surface area contributed by atoms with Crippen LogP contribution in [0.15, 0.2) is 60.7 Å². The van der Waals surface area contributed by atoms with Crippen LogP contribution in [-0.4, -0.2) is 24.2 Å². The van der Waals surface area contributed by atoms with Gasteiger partial charge in [-0.3, -0.25) is 0 Å². The molecule has 1 saturated carbocycles. The molecule has 0 radical (unpaired) electrons. The Morgan fingerprint density at radius 3 is 2.22 bits per heavy atom. The number of amides is 1. The van der Waals surface area contributed by atoms with Crippen LogP contribution in [0, 0.1) is 17.8 Å². The number of esters is 1. The monoisotopic (exact) mass is 437 g/mol. The van der Waals surface area contributed by atoms with Gasteiger partial charge in [-0.2, -0.15) is 0 Å². The smallest absolute Gasteiger partial charge is 0.408 e. The van der Waals surface area contributed by atoms with Crippen molar-refractivity contribution in [2.75, 3.05) is 0 Å². The number of carbonyl (C=O) groups is 2. The molecule has 0 aromatic heterocycles. The number of ether oxygens (including phenoxy) is 2. The number of hydrogen-bond donors (Lipinski definition) is 1. The normalized spacial score (nSPS) is 21.6. The first-order valence-corrected chi connectivity index (χ1v) is 11.6. The van der Waals surface area contributed by atoms with E-state index in [4.69, 9.17) is 9.47 Å². The molecule has 1 aliphatic carbocycles. The van der Waals surface area contributed by atoms with E-state index in [-0.39, 0.29) is 12.7 Å². The lowest BCUT2D eigenvalue weighted by Crippen LogP contribution is -2.46. The van der Waals surface area contributed by atoms with Crippen molar-refractivity contribution >= 4 is 12.1 Å². The summed E-state index contributed by atoms with van der Waals surface area (Å²) in [6.07, 6.45) is 2.71. The van der Waals surface area contributed by atoms with E-state index in [9.17, 15) is 9.59 Å². The van der Waals surface area contributed by atoms with E-state index in [2.05, 4.69) is 26.1 Å². The summed E-state index contributed by atoms with van der Waals surface area (Å²) in [4.78, 5) is 25.7. The van der Waals surface area contributed by atoms with E-state index >= 15 is 0 Å². The van der Waals surface area contributed by atoms with Crippen LogP contribution < -0.4 is 5.32 Å². The maximum absolute atomic E-state index is 13.2. The van der Waals surface area contributed by atoms with E-state index in [0.717, 1.165) is 30.4 Å². The van der Waals surface area contributed by atoms with Crippen molar-refractivity contribution in [1.29, 1.82) is 0 Å². The molecule has 2 aromatic rings. The van der Waals surface area contributed by atoms with Gasteiger partial charge in [0.2, 0.25) is 0 Å². The highest BCUT2D eigenvalue weighted by atomic mass is 16.6. The maximum atomic E-state index is 13.2. The molecule has 0 aliphatic heterocycles. The van der Waals surface area contributed by atoms with E-state index in [1.54, 1.807) is 0 Å². The topological polar surface area (TPSA) is 64.6 Å². The van der Waals surface area contributed by atoms with Gasteiger partial charge in [0.15, 0.2) is 0 Å². The standard InChI is InChI=1S/C27H35NO4/c1-19(2)23-15-14-20(3)16-25(23)32-26(29)24(17-21-10-6-4-7-11-21)28-27(30)31-18-22-12-8-5-9-13-22/h4-13,19-20,23-25H,14-18H2,1-3H3,(H,28,30)/t20-,23+,24?,25-/m1/s1. The molecular formula is C27H35NO4. The lowest BCUT2D eigenvalue weighted by molar-refractivity contribution is -0.158. The van der Waals surface area contributed by atoms with Crippen LogP contribution in [-0.2, 0) is 27.3 Å². The largest absolute Gasteiger partial charge is 0.461 e. The molecule has 0 bridgehead atoms. The minimum Gasteiger partial charge on any atom is -0.461 e. The SMILES string of the molecule is CC(C)[C@@H]1CC[C@@H](C)C[C@H]1OC(=O)C(Cc1ccccc1)NC(=O)OCc1ccccc1. The first-order valence-electron chi connectivity index (χ1n) is 11.6. The molecule has 0 heterocycles. The van der Waals surface area contributed by atoms with Crippen molar-refractivity contribution in [1.82, 2.24) is 5.32 Å². The fourth-order valence-corrected chi connectivity index (χ4v) is 4.43. The van der Waals surface area contributed by atoms with Crippen molar-refractivity contribution in [3.8, 4) is 0 Å². The summed E-state index contributed by atoms with van der Waals surface area (Å²) in [5.74, 6) is 0.920. The Morgan fingerprint density at radius 2 is 1.59 bits per heavy atom. The molecule has 5 nitrogen and oxygen atoms in total. The van der Waals surface area contributed by atoms with Gasteiger partial charge in [-0.1, -0.05) is 87.9 Å². The Kier molecular flexibility index (Phi) is 8.72. The zero-order valence-electron chi connectivity index (χ0n) is 19.3. The Hall–Kier alpha value is -2.82. The predicted octanol–water partition coefficient (Wildman–Crippen LogP) is 5.53. The third kappa shape index (κ3) is 7.11. The minimum atomic E-state index is -0.800. The molecule has 1 amide bonds. The molecule has 3 rings (SSSR count). The van der Waals surface area contributed by atoms with Crippen molar-refractivity contribution in [3.63, 3.8) is 0 Å². The highest BCUT2D eigenvalue weighted by Crippen LogP contribution is 2.35. The third-order valence-electron chi connectivity index (χ3n) is 6.30. The van der Waals surface area contributed by atoms with Crippen molar-refractivity contribution in [2.45, 2.75) is 65.2 Å². The number of nitrogens with one attached hydrogen (secondary N) is 1. The second-order valence-electron chi connectivity index (χ2n) is 9.25. The van der Waals surface area contributed by atoms with Crippen LogP contribution in [0.4, 0.5) is 4.79 Å². The molecule has 32 heavy (non-hydrogen) atoms. The number of carbonyl (C=O) groups excluding carboxylic acids is 2. The Labute approximate surface area is 191 Å². The summed E-state index contributed by atoms with van der Waals surface area (Å²) in [6, 6.07) is 18.3. The van der Waals surface area contributed by atoms with E-state index in [0.29, 0.717) is 24.2 Å². The summed E-state index contributed by atoms with van der Waals surface area (Å²) in [6.45, 7) is 6.72. The van der Waals surface area contributed by atoms with Gasteiger partial charge in [0.05, 0.1) is 0 Å². The molecule has 1 fully saturated rings. The van der Waals surface area contributed by atoms with Crippen LogP contribution in [0.2, 0.25) is 0 Å². The Morgan fingerprint density at radius 1 is 0.969 bits per heavy atom. The number of benzene rings is 2. The van der Waals surface area contributed by atoms with Crippen molar-refractivity contribution in [2.24, 2.45) is 17.8 Å². The molecule has 4 atom stereocenters. The van der Waals surface area contributed by atoms with Crippen LogP contribution in [0.3, 0.4) is 0 Å². The van der Waals surface area contributed by atoms with Gasteiger partial charge in [0.25, 0.3) is 0 Å². The van der Waals surface area contributed by atoms with Gasteiger partial charge in [-0.15, -0.1) is 0 Å². The molecule has 1 N–H and O–H groups in total. The number of hydrogen-bond acceptors (Lipinski definition) is 4. The van der Waals surface area contributed by atoms with Gasteiger partial charge in [0.1, 0.15) is 18.8 Å². The number of rotatable bonds is 8. The van der Waals surface area contributed by atoms with Crippen LogP contribution >= 0.6 is 0 Å². The lowest BCUT2D eigenvalue weighted by Gasteiger charge is -2.37. The van der Waals surface area contributed by atoms with E-state index in [1.807, 2.05) is 60.7 Å². The molecule has 172 valence electrons. The van der Waals surface area contributed by atoms with Crippen LogP contribution in [0.5, 0.6) is 0 Å². The molecule has 0 saturated heterocycles. The second-order valence-corrected chi connectivity index (χ2v) is 9.25. The van der Waals surface area contributed by atoms with Gasteiger partial charge in [-0.05, 0) is 41.7 Å². The average molecular weight is 438 g/mol. The molecule has 2 aromatic carbocycles. The molecule has 1 aliphatic rings. The minimum absolute atomic E-state index is 0.119. The summed E-state index contributed by atoms with van der Waals surface area (Å²) in [5, 5.41) is 2.74. The van der Waals surface area contributed by atoms with Crippen molar-refractivity contribution < 1.29 is 19.1 Å².